The molecular formula is C8H11N3O. The topological polar surface area (TPSA) is 49.0 Å². The molecule has 1 aromatic rings. The number of rotatable bonds is 0. The van der Waals surface area contributed by atoms with Crippen molar-refractivity contribution < 1.29 is 4.79 Å². The lowest BCUT2D eigenvalue weighted by Crippen LogP contribution is -2.32. The van der Waals surface area contributed by atoms with Gasteiger partial charge in [0.15, 0.2) is 0 Å². The molecule has 1 aliphatic rings. The molecule has 12 heavy (non-hydrogen) atoms. The Morgan fingerprint density at radius 2 is 2.58 bits per heavy atom. The lowest BCUT2D eigenvalue weighted by Gasteiger charge is -2.24. The van der Waals surface area contributed by atoms with Crippen LogP contribution >= 0.6 is 0 Å². The molecule has 0 saturated carbocycles. The summed E-state index contributed by atoms with van der Waals surface area (Å²) in [5.41, 5.74) is 2.03. The fourth-order valence-corrected chi connectivity index (χ4v) is 1.58. The van der Waals surface area contributed by atoms with Crippen LogP contribution in [0.15, 0.2) is 6.20 Å². The number of nitrogens with zero attached hydrogens (tertiary/aromatic N) is 2. The monoisotopic (exact) mass is 165 g/mol. The van der Waals surface area contributed by atoms with E-state index in [9.17, 15) is 4.79 Å². The predicted octanol–water partition coefficient (Wildman–Crippen LogP) is 0.709. The van der Waals surface area contributed by atoms with Crippen LogP contribution in [0, 0.1) is 0 Å². The first-order chi connectivity index (χ1) is 5.79. The predicted molar refractivity (Wildman–Crippen MR) is 44.9 cm³/mol. The van der Waals surface area contributed by atoms with E-state index in [1.165, 1.54) is 0 Å². The SMILES string of the molecule is CC(=O)N1CCCc2[nH]ncc21. The lowest BCUT2D eigenvalue weighted by molar-refractivity contribution is -0.116. The summed E-state index contributed by atoms with van der Waals surface area (Å²) in [6, 6.07) is 0. The smallest absolute Gasteiger partial charge is 0.223 e. The van der Waals surface area contributed by atoms with Crippen molar-refractivity contribution >= 4 is 11.6 Å². The molecule has 1 N–H and O–H groups in total. The van der Waals surface area contributed by atoms with Gasteiger partial charge in [-0.05, 0) is 12.8 Å². The highest BCUT2D eigenvalue weighted by atomic mass is 16.2. The Kier molecular flexibility index (Phi) is 1.60. The van der Waals surface area contributed by atoms with Crippen LogP contribution < -0.4 is 4.90 Å². The van der Waals surface area contributed by atoms with Gasteiger partial charge in [0.25, 0.3) is 0 Å². The molecule has 0 radical (unpaired) electrons. The zero-order valence-corrected chi connectivity index (χ0v) is 7.00. The van der Waals surface area contributed by atoms with Gasteiger partial charge in [-0.25, -0.2) is 0 Å². The number of hydrogen-bond donors (Lipinski definition) is 1. The molecule has 64 valence electrons. The first-order valence-corrected chi connectivity index (χ1v) is 4.09. The number of aromatic amines is 1. The van der Waals surface area contributed by atoms with Crippen LogP contribution in [0.5, 0.6) is 0 Å². The van der Waals surface area contributed by atoms with Crippen LogP contribution in [-0.4, -0.2) is 22.6 Å². The van der Waals surface area contributed by atoms with Crippen molar-refractivity contribution in [1.82, 2.24) is 10.2 Å². The molecule has 0 aliphatic carbocycles. The average molecular weight is 165 g/mol. The van der Waals surface area contributed by atoms with Crippen molar-refractivity contribution in [2.45, 2.75) is 19.8 Å². The lowest BCUT2D eigenvalue weighted by atomic mass is 10.1. The van der Waals surface area contributed by atoms with Gasteiger partial charge in [0.2, 0.25) is 5.91 Å². The first kappa shape index (κ1) is 7.34. The van der Waals surface area contributed by atoms with E-state index in [0.717, 1.165) is 30.8 Å². The van der Waals surface area contributed by atoms with Crippen molar-refractivity contribution in [1.29, 1.82) is 0 Å². The van der Waals surface area contributed by atoms with Crippen LogP contribution in [0.4, 0.5) is 5.69 Å². The summed E-state index contributed by atoms with van der Waals surface area (Å²) in [5.74, 6) is 0.0948. The number of hydrogen-bond acceptors (Lipinski definition) is 2. The molecule has 1 aromatic heterocycles. The quantitative estimate of drug-likeness (QED) is 0.615. The van der Waals surface area contributed by atoms with Crippen LogP contribution in [0.25, 0.3) is 0 Å². The standard InChI is InChI=1S/C8H11N3O/c1-6(12)11-4-2-3-7-8(11)5-9-10-7/h5H,2-4H2,1H3,(H,9,10). The largest absolute Gasteiger partial charge is 0.310 e. The Hall–Kier alpha value is -1.32. The van der Waals surface area contributed by atoms with Gasteiger partial charge in [-0.2, -0.15) is 5.10 Å². The minimum absolute atomic E-state index is 0.0948. The van der Waals surface area contributed by atoms with Crippen molar-refractivity contribution in [2.75, 3.05) is 11.4 Å². The van der Waals surface area contributed by atoms with E-state index in [4.69, 9.17) is 0 Å². The van der Waals surface area contributed by atoms with Crippen molar-refractivity contribution in [2.24, 2.45) is 0 Å². The summed E-state index contributed by atoms with van der Waals surface area (Å²) in [6.07, 6.45) is 3.74. The third-order valence-corrected chi connectivity index (χ3v) is 2.17. The molecule has 1 amide bonds. The van der Waals surface area contributed by atoms with Crippen LogP contribution in [0.2, 0.25) is 0 Å². The Bertz CT molecular complexity index is 305. The number of H-pyrrole nitrogens is 1. The summed E-state index contributed by atoms with van der Waals surface area (Å²) >= 11 is 0. The summed E-state index contributed by atoms with van der Waals surface area (Å²) in [5, 5.41) is 6.82. The second-order valence-electron chi connectivity index (χ2n) is 3.01. The van der Waals surface area contributed by atoms with E-state index in [1.54, 1.807) is 18.0 Å². The summed E-state index contributed by atoms with van der Waals surface area (Å²) < 4.78 is 0. The Morgan fingerprint density at radius 1 is 1.75 bits per heavy atom. The fraction of sp³-hybridized carbons (Fsp3) is 0.500. The highest BCUT2D eigenvalue weighted by Crippen LogP contribution is 2.24. The molecule has 0 fully saturated rings. The molecule has 2 rings (SSSR count). The molecule has 0 saturated heterocycles. The van der Waals surface area contributed by atoms with Crippen molar-refractivity contribution in [3.05, 3.63) is 11.9 Å². The molecule has 0 bridgehead atoms. The highest BCUT2D eigenvalue weighted by Gasteiger charge is 2.20. The number of amides is 1. The van der Waals surface area contributed by atoms with Crippen LogP contribution in [0.3, 0.4) is 0 Å². The number of aryl methyl sites for hydroxylation is 1. The van der Waals surface area contributed by atoms with Gasteiger partial charge < -0.3 is 4.90 Å². The molecule has 0 aromatic carbocycles. The summed E-state index contributed by atoms with van der Waals surface area (Å²) in [6.45, 7) is 2.41. The van der Waals surface area contributed by atoms with Gasteiger partial charge >= 0.3 is 0 Å². The van der Waals surface area contributed by atoms with Gasteiger partial charge in [0.1, 0.15) is 0 Å². The maximum absolute atomic E-state index is 11.1. The van der Waals surface area contributed by atoms with E-state index in [0.29, 0.717) is 0 Å². The van der Waals surface area contributed by atoms with Gasteiger partial charge in [-0.15, -0.1) is 0 Å². The summed E-state index contributed by atoms with van der Waals surface area (Å²) in [4.78, 5) is 12.9. The average Bonchev–Trinajstić information content (AvgIpc) is 2.49. The fourth-order valence-electron chi connectivity index (χ4n) is 1.58. The van der Waals surface area contributed by atoms with Crippen LogP contribution in [0.1, 0.15) is 19.0 Å². The maximum atomic E-state index is 11.1. The normalized spacial score (nSPS) is 15.9. The minimum atomic E-state index is 0.0948. The van der Waals surface area contributed by atoms with E-state index in [2.05, 4.69) is 10.2 Å². The molecule has 1 aliphatic heterocycles. The minimum Gasteiger partial charge on any atom is -0.310 e. The van der Waals surface area contributed by atoms with E-state index in [1.807, 2.05) is 0 Å². The number of aromatic nitrogens is 2. The Balaban J connectivity index is 2.37. The van der Waals surface area contributed by atoms with Crippen molar-refractivity contribution in [3.8, 4) is 0 Å². The zero-order chi connectivity index (χ0) is 8.55. The number of carbonyl (C=O) groups excluding carboxylic acids is 1. The van der Waals surface area contributed by atoms with Gasteiger partial charge in [0, 0.05) is 13.5 Å². The molecule has 0 atom stereocenters. The second kappa shape index (κ2) is 2.62. The van der Waals surface area contributed by atoms with Crippen LogP contribution in [-0.2, 0) is 11.2 Å². The molecule has 4 heteroatoms. The van der Waals surface area contributed by atoms with Gasteiger partial charge in [-0.3, -0.25) is 9.89 Å². The van der Waals surface area contributed by atoms with Gasteiger partial charge in [-0.1, -0.05) is 0 Å². The number of nitrogens with one attached hydrogen (secondary N) is 1. The molecule has 4 nitrogen and oxygen atoms in total. The number of carbonyl (C=O) groups is 1. The molecule has 0 unspecified atom stereocenters. The Labute approximate surface area is 70.6 Å². The van der Waals surface area contributed by atoms with Crippen molar-refractivity contribution in [3.63, 3.8) is 0 Å². The highest BCUT2D eigenvalue weighted by molar-refractivity contribution is 5.92. The molecular weight excluding hydrogens is 154 g/mol. The molecule has 0 spiro atoms. The number of fused-ring (bicyclic) bond motifs is 1. The third kappa shape index (κ3) is 0.995. The second-order valence-corrected chi connectivity index (χ2v) is 3.01. The zero-order valence-electron chi connectivity index (χ0n) is 7.00. The van der Waals surface area contributed by atoms with E-state index >= 15 is 0 Å². The van der Waals surface area contributed by atoms with E-state index in [-0.39, 0.29) is 5.91 Å². The third-order valence-electron chi connectivity index (χ3n) is 2.17. The van der Waals surface area contributed by atoms with Gasteiger partial charge in [0.05, 0.1) is 17.6 Å². The molecule has 2 heterocycles. The maximum Gasteiger partial charge on any atom is 0.223 e. The summed E-state index contributed by atoms with van der Waals surface area (Å²) in [7, 11) is 0. The Morgan fingerprint density at radius 3 is 3.33 bits per heavy atom. The van der Waals surface area contributed by atoms with E-state index < -0.39 is 0 Å². The number of anilines is 1. The first-order valence-electron chi connectivity index (χ1n) is 4.09.